The number of aromatic nitrogens is 2. The predicted octanol–water partition coefficient (Wildman–Crippen LogP) is 2.97. The van der Waals surface area contributed by atoms with Gasteiger partial charge in [0.1, 0.15) is 6.61 Å². The molecule has 1 fully saturated rings. The van der Waals surface area contributed by atoms with Gasteiger partial charge in [-0.15, -0.1) is 0 Å². The zero-order valence-electron chi connectivity index (χ0n) is 16.8. The van der Waals surface area contributed by atoms with E-state index in [1.807, 2.05) is 6.92 Å². The molecule has 2 heterocycles. The Bertz CT molecular complexity index is 916. The molecule has 1 amide bonds. The van der Waals surface area contributed by atoms with Crippen LogP contribution in [0.5, 0.6) is 0 Å². The van der Waals surface area contributed by atoms with Crippen LogP contribution in [0, 0.1) is 0 Å². The van der Waals surface area contributed by atoms with Crippen LogP contribution in [0.3, 0.4) is 0 Å². The van der Waals surface area contributed by atoms with Crippen LogP contribution < -0.4 is 0 Å². The molecule has 2 aromatic rings. The molecule has 0 spiro atoms. The van der Waals surface area contributed by atoms with Crippen molar-refractivity contribution in [3.05, 3.63) is 30.2 Å². The third kappa shape index (κ3) is 5.80. The predicted molar refractivity (Wildman–Crippen MR) is 110 cm³/mol. The van der Waals surface area contributed by atoms with Crippen LogP contribution in [0.4, 0.5) is 4.79 Å². The zero-order chi connectivity index (χ0) is 20.9. The van der Waals surface area contributed by atoms with Crippen molar-refractivity contribution in [2.75, 3.05) is 26.0 Å². The molecule has 1 saturated heterocycles. The number of rotatable bonds is 7. The van der Waals surface area contributed by atoms with E-state index in [1.165, 1.54) is 0 Å². The minimum atomic E-state index is -2.25. The molecule has 29 heavy (non-hydrogen) atoms. The van der Waals surface area contributed by atoms with Gasteiger partial charge in [-0.3, -0.25) is 4.21 Å². The van der Waals surface area contributed by atoms with Crippen molar-refractivity contribution in [3.8, 4) is 11.4 Å². The number of nitrogens with zero attached hydrogens (tertiary/aromatic N) is 3. The summed E-state index contributed by atoms with van der Waals surface area (Å²) >= 11 is 0. The van der Waals surface area contributed by atoms with E-state index in [9.17, 15) is 9.00 Å². The summed E-state index contributed by atoms with van der Waals surface area (Å²) in [5, 5.41) is 3.98. The Hall–Kier alpha value is -2.39. The third-order valence-corrected chi connectivity index (χ3v) is 5.92. The third-order valence-electron chi connectivity index (χ3n) is 4.65. The highest BCUT2D eigenvalue weighted by atomic mass is 32.2. The molecule has 1 aliphatic heterocycles. The van der Waals surface area contributed by atoms with Crippen molar-refractivity contribution in [2.45, 2.75) is 43.8 Å². The fourth-order valence-electron chi connectivity index (χ4n) is 3.00. The highest BCUT2D eigenvalue weighted by molar-refractivity contribution is 7.99. The van der Waals surface area contributed by atoms with E-state index in [0.717, 1.165) is 24.8 Å². The molecule has 0 radical (unpaired) electrons. The maximum Gasteiger partial charge on any atom is 0.409 e. The first kappa shape index (κ1) is 21.3. The van der Waals surface area contributed by atoms with Crippen LogP contribution in [0.2, 0.25) is 0 Å². The first-order valence-corrected chi connectivity index (χ1v) is 11.8. The van der Waals surface area contributed by atoms with Crippen molar-refractivity contribution in [1.29, 1.82) is 0 Å². The second-order valence-corrected chi connectivity index (χ2v) is 9.63. The maximum atomic E-state index is 12.0. The number of amides is 1. The summed E-state index contributed by atoms with van der Waals surface area (Å²) in [5.74, 6) is 4.52. The number of likely N-dealkylation sites (tertiary alicyclic amines) is 1. The van der Waals surface area contributed by atoms with Crippen molar-refractivity contribution < 1.29 is 23.0 Å². The Kier molecular flexibility index (Phi) is 6.92. The number of piperidine rings is 1. The normalized spacial score (nSPS) is 17.1. The average molecular weight is 422 g/mol. The smallest absolute Gasteiger partial charge is 0.409 e. The lowest BCUT2D eigenvalue weighted by Gasteiger charge is -2.30. The van der Waals surface area contributed by atoms with Crippen LogP contribution in [-0.4, -0.2) is 63.3 Å². The average Bonchev–Trinajstić information content (AvgIpc) is 3.19. The van der Waals surface area contributed by atoms with Gasteiger partial charge in [-0.1, -0.05) is 12.1 Å². The number of carbonyl (C=O) groups excluding carboxylic acids is 1. The molecule has 1 aliphatic rings. The van der Waals surface area contributed by atoms with Crippen LogP contribution in [0.1, 0.15) is 32.1 Å². The van der Waals surface area contributed by atoms with E-state index >= 15 is 0 Å². The van der Waals surface area contributed by atoms with Crippen LogP contribution in [0.25, 0.3) is 11.4 Å². The van der Waals surface area contributed by atoms with Crippen molar-refractivity contribution >= 4 is 21.5 Å². The summed E-state index contributed by atoms with van der Waals surface area (Å²) in [7, 11) is -2.25. The Morgan fingerprint density at radius 1 is 1.31 bits per heavy atom. The molecule has 3 rings (SSSR count). The summed E-state index contributed by atoms with van der Waals surface area (Å²) in [4.78, 5) is 18.6. The number of carbonyl (C=O) groups is 1. The van der Waals surface area contributed by atoms with Gasteiger partial charge < -0.3 is 18.9 Å². The Balaban J connectivity index is 1.48. The molecular formula is C20H27N3O5S. The Morgan fingerprint density at radius 2 is 2.00 bits per heavy atom. The van der Waals surface area contributed by atoms with Gasteiger partial charge in [-0.05, 0) is 58.9 Å². The highest BCUT2D eigenvalue weighted by Gasteiger charge is 2.24. The van der Waals surface area contributed by atoms with E-state index in [-0.39, 0.29) is 18.8 Å². The minimum absolute atomic E-state index is 0.0367. The Morgan fingerprint density at radius 3 is 2.62 bits per heavy atom. The van der Waals surface area contributed by atoms with Gasteiger partial charge in [0.2, 0.25) is 5.82 Å². The largest absolute Gasteiger partial charge is 0.449 e. The molecule has 0 saturated carbocycles. The number of hydrogen-bond acceptors (Lipinski definition) is 7. The van der Waals surface area contributed by atoms with E-state index in [4.69, 9.17) is 14.0 Å². The quantitative estimate of drug-likeness (QED) is 0.634. The monoisotopic (exact) mass is 421 g/mol. The number of benzene rings is 1. The lowest BCUT2D eigenvalue weighted by atomic mass is 10.1. The molecule has 0 aliphatic carbocycles. The molecule has 8 nitrogen and oxygen atoms in total. The second-order valence-electron chi connectivity index (χ2n) is 7.15. The molecule has 0 bridgehead atoms. The van der Waals surface area contributed by atoms with Crippen molar-refractivity contribution in [2.24, 2.45) is 0 Å². The molecule has 1 unspecified atom stereocenters. The van der Waals surface area contributed by atoms with Crippen molar-refractivity contribution in [1.82, 2.24) is 15.0 Å². The van der Waals surface area contributed by atoms with Gasteiger partial charge in [0.25, 0.3) is 5.89 Å². The summed E-state index contributed by atoms with van der Waals surface area (Å²) in [6.45, 7) is 3.86. The van der Waals surface area contributed by atoms with Crippen LogP contribution in [-0.2, 0) is 25.6 Å². The van der Waals surface area contributed by atoms with Gasteiger partial charge in [-0.2, -0.15) is 4.98 Å². The SMILES string of the molecule is C=S(C)(=O)c1ccc(-c2noc(COC3CCN(C(=O)OCCC)CC3)n2)cc1. The van der Waals surface area contributed by atoms with E-state index in [0.29, 0.717) is 36.3 Å². The first-order chi connectivity index (χ1) is 13.9. The van der Waals surface area contributed by atoms with Gasteiger partial charge in [-0.25, -0.2) is 4.79 Å². The van der Waals surface area contributed by atoms with Crippen molar-refractivity contribution in [3.63, 3.8) is 0 Å². The number of ether oxygens (including phenoxy) is 2. The van der Waals surface area contributed by atoms with Gasteiger partial charge in [0, 0.05) is 29.8 Å². The molecule has 1 atom stereocenters. The second kappa shape index (κ2) is 9.41. The van der Waals surface area contributed by atoms with Crippen LogP contribution >= 0.6 is 0 Å². The zero-order valence-corrected chi connectivity index (χ0v) is 17.7. The summed E-state index contributed by atoms with van der Waals surface area (Å²) in [5.41, 5.74) is 0.770. The fourth-order valence-corrected chi connectivity index (χ4v) is 3.71. The van der Waals surface area contributed by atoms with Crippen LogP contribution in [0.15, 0.2) is 33.7 Å². The Labute approximate surface area is 171 Å². The minimum Gasteiger partial charge on any atom is -0.449 e. The summed E-state index contributed by atoms with van der Waals surface area (Å²) in [6.07, 6.45) is 3.68. The summed E-state index contributed by atoms with van der Waals surface area (Å²) in [6, 6.07) is 7.12. The fraction of sp³-hybridized carbons (Fsp3) is 0.500. The molecule has 9 heteroatoms. The standard InChI is InChI=1S/C20H27N3O5S/c1-4-13-26-20(24)23-11-9-16(10-12-23)27-14-18-21-19(22-28-18)15-5-7-17(8-6-15)29(2,3)25/h5-8,16H,2,4,9-14H2,1,3H3. The number of hydrogen-bond donors (Lipinski definition) is 0. The van der Waals surface area contributed by atoms with Gasteiger partial charge in [0.05, 0.1) is 12.7 Å². The molecule has 1 aromatic carbocycles. The molecule has 158 valence electrons. The molecule has 0 N–H and O–H groups in total. The first-order valence-electron chi connectivity index (χ1n) is 9.65. The van der Waals surface area contributed by atoms with Gasteiger partial charge >= 0.3 is 6.09 Å². The lowest BCUT2D eigenvalue weighted by Crippen LogP contribution is -2.41. The highest BCUT2D eigenvalue weighted by Crippen LogP contribution is 2.20. The molecule has 1 aromatic heterocycles. The molecular weight excluding hydrogens is 394 g/mol. The topological polar surface area (TPSA) is 94.8 Å². The maximum absolute atomic E-state index is 12.0. The van der Waals surface area contributed by atoms with E-state index < -0.39 is 9.52 Å². The van der Waals surface area contributed by atoms with E-state index in [2.05, 4.69) is 16.0 Å². The van der Waals surface area contributed by atoms with Gasteiger partial charge in [0.15, 0.2) is 0 Å². The van der Waals surface area contributed by atoms with E-state index in [1.54, 1.807) is 35.4 Å². The lowest BCUT2D eigenvalue weighted by molar-refractivity contribution is -0.0124. The summed E-state index contributed by atoms with van der Waals surface area (Å²) < 4.78 is 28.3.